The summed E-state index contributed by atoms with van der Waals surface area (Å²) in [7, 11) is -3.43. The van der Waals surface area contributed by atoms with Crippen LogP contribution in [-0.4, -0.2) is 39.8 Å². The molecule has 6 nitrogen and oxygen atoms in total. The molecule has 2 amide bonds. The van der Waals surface area contributed by atoms with Crippen LogP contribution < -0.4 is 14.9 Å². The fraction of sp³-hybridized carbons (Fsp3) is 0.562. The lowest BCUT2D eigenvalue weighted by Crippen LogP contribution is -2.44. The number of rotatable bonds is 7. The highest BCUT2D eigenvalue weighted by Gasteiger charge is 2.21. The molecule has 0 radical (unpaired) electrons. The van der Waals surface area contributed by atoms with Crippen LogP contribution in [0.25, 0.3) is 0 Å². The summed E-state index contributed by atoms with van der Waals surface area (Å²) in [5, 5.41) is 5.39. The summed E-state index contributed by atoms with van der Waals surface area (Å²) in [5.74, 6) is 0.202. The van der Waals surface area contributed by atoms with Gasteiger partial charge in [0, 0.05) is 12.6 Å². The van der Waals surface area contributed by atoms with Gasteiger partial charge in [-0.1, -0.05) is 32.0 Å². The number of para-hydroxylation sites is 1. The number of hydrogen-bond acceptors (Lipinski definition) is 3. The first-order valence-electron chi connectivity index (χ1n) is 7.74. The van der Waals surface area contributed by atoms with Crippen molar-refractivity contribution in [2.24, 2.45) is 0 Å². The van der Waals surface area contributed by atoms with E-state index in [2.05, 4.69) is 10.6 Å². The molecule has 0 saturated heterocycles. The summed E-state index contributed by atoms with van der Waals surface area (Å²) < 4.78 is 25.7. The number of nitrogens with zero attached hydrogens (tertiary/aromatic N) is 1. The van der Waals surface area contributed by atoms with E-state index in [0.717, 1.165) is 5.56 Å². The Morgan fingerprint density at radius 3 is 2.30 bits per heavy atom. The molecule has 1 aromatic carbocycles. The van der Waals surface area contributed by atoms with Crippen molar-refractivity contribution < 1.29 is 13.2 Å². The minimum absolute atomic E-state index is 0.0303. The quantitative estimate of drug-likeness (QED) is 0.798. The molecule has 0 aliphatic rings. The number of carbonyl (C=O) groups excluding carboxylic acids is 1. The van der Waals surface area contributed by atoms with Gasteiger partial charge in [-0.25, -0.2) is 13.2 Å². The van der Waals surface area contributed by atoms with E-state index < -0.39 is 10.0 Å². The molecule has 0 bridgehead atoms. The fourth-order valence-electron chi connectivity index (χ4n) is 2.25. The molecule has 7 heteroatoms. The molecule has 23 heavy (non-hydrogen) atoms. The molecule has 2 N–H and O–H groups in total. The van der Waals surface area contributed by atoms with Crippen LogP contribution in [0.5, 0.6) is 0 Å². The Morgan fingerprint density at radius 1 is 1.17 bits per heavy atom. The van der Waals surface area contributed by atoms with Crippen molar-refractivity contribution in [1.82, 2.24) is 10.6 Å². The molecule has 0 fully saturated rings. The summed E-state index contributed by atoms with van der Waals surface area (Å²) in [5.41, 5.74) is 1.63. The van der Waals surface area contributed by atoms with Crippen LogP contribution >= 0.6 is 0 Å². The molecule has 0 spiro atoms. The van der Waals surface area contributed by atoms with Gasteiger partial charge in [0.2, 0.25) is 10.0 Å². The van der Waals surface area contributed by atoms with E-state index in [9.17, 15) is 13.2 Å². The van der Waals surface area contributed by atoms with E-state index in [-0.39, 0.29) is 31.1 Å². The highest BCUT2D eigenvalue weighted by atomic mass is 32.2. The van der Waals surface area contributed by atoms with E-state index in [1.165, 1.54) is 10.6 Å². The van der Waals surface area contributed by atoms with Gasteiger partial charge in [0.1, 0.15) is 0 Å². The van der Waals surface area contributed by atoms with Gasteiger partial charge in [-0.05, 0) is 31.4 Å². The monoisotopic (exact) mass is 341 g/mol. The van der Waals surface area contributed by atoms with Gasteiger partial charge in [0.15, 0.2) is 0 Å². The van der Waals surface area contributed by atoms with Gasteiger partial charge in [-0.3, -0.25) is 4.31 Å². The number of benzene rings is 1. The third-order valence-corrected chi connectivity index (χ3v) is 4.43. The predicted molar refractivity (Wildman–Crippen MR) is 94.4 cm³/mol. The number of hydrogen-bond donors (Lipinski definition) is 2. The first-order valence-corrected chi connectivity index (χ1v) is 9.58. The van der Waals surface area contributed by atoms with E-state index in [4.69, 9.17) is 0 Å². The molecule has 0 aliphatic carbocycles. The molecular formula is C16H27N3O3S. The number of urea groups is 1. The van der Waals surface area contributed by atoms with Crippen molar-refractivity contribution in [2.75, 3.05) is 23.7 Å². The van der Waals surface area contributed by atoms with Crippen molar-refractivity contribution in [3.63, 3.8) is 0 Å². The molecular weight excluding hydrogens is 314 g/mol. The smallest absolute Gasteiger partial charge is 0.315 e. The van der Waals surface area contributed by atoms with Crippen LogP contribution in [0.1, 0.15) is 39.2 Å². The van der Waals surface area contributed by atoms with Crippen molar-refractivity contribution in [3.05, 3.63) is 29.8 Å². The topological polar surface area (TPSA) is 78.5 Å². The maximum Gasteiger partial charge on any atom is 0.315 e. The average molecular weight is 341 g/mol. The van der Waals surface area contributed by atoms with Crippen molar-refractivity contribution >= 4 is 21.7 Å². The largest absolute Gasteiger partial charge is 0.336 e. The molecule has 1 rings (SSSR count). The Kier molecular flexibility index (Phi) is 6.87. The number of anilines is 1. The van der Waals surface area contributed by atoms with Crippen LogP contribution in [0.15, 0.2) is 24.3 Å². The maximum absolute atomic E-state index is 12.2. The van der Waals surface area contributed by atoms with Gasteiger partial charge < -0.3 is 10.6 Å². The molecule has 0 heterocycles. The van der Waals surface area contributed by atoms with Gasteiger partial charge in [-0.15, -0.1) is 0 Å². The zero-order valence-electron chi connectivity index (χ0n) is 14.5. The SMILES string of the molecule is CC(C)NC(=O)NCCN(c1ccccc1C(C)C)S(C)(=O)=O. The van der Waals surface area contributed by atoms with Crippen molar-refractivity contribution in [2.45, 2.75) is 39.7 Å². The summed E-state index contributed by atoms with van der Waals surface area (Å²) in [6, 6.07) is 7.17. The van der Waals surface area contributed by atoms with Crippen LogP contribution in [0, 0.1) is 0 Å². The zero-order chi connectivity index (χ0) is 17.6. The second kappa shape index (κ2) is 8.19. The maximum atomic E-state index is 12.2. The lowest BCUT2D eigenvalue weighted by Gasteiger charge is -2.26. The van der Waals surface area contributed by atoms with Crippen molar-refractivity contribution in [1.29, 1.82) is 0 Å². The van der Waals surface area contributed by atoms with Crippen LogP contribution in [0.4, 0.5) is 10.5 Å². The summed E-state index contributed by atoms with van der Waals surface area (Å²) in [6.07, 6.45) is 1.18. The third-order valence-electron chi connectivity index (χ3n) is 3.25. The summed E-state index contributed by atoms with van der Waals surface area (Å²) >= 11 is 0. The summed E-state index contributed by atoms with van der Waals surface area (Å²) in [4.78, 5) is 11.6. The van der Waals surface area contributed by atoms with Crippen LogP contribution in [0.3, 0.4) is 0 Å². The number of sulfonamides is 1. The Morgan fingerprint density at radius 2 is 1.78 bits per heavy atom. The number of carbonyl (C=O) groups is 1. The first-order chi connectivity index (χ1) is 10.6. The Hall–Kier alpha value is -1.76. The van der Waals surface area contributed by atoms with Gasteiger partial charge in [0.25, 0.3) is 0 Å². The van der Waals surface area contributed by atoms with E-state index in [1.54, 1.807) is 6.07 Å². The molecule has 0 aliphatic heterocycles. The fourth-order valence-corrected chi connectivity index (χ4v) is 3.20. The molecule has 1 aromatic rings. The molecule has 0 unspecified atom stereocenters. The Labute approximate surface area is 139 Å². The van der Waals surface area contributed by atoms with E-state index in [1.807, 2.05) is 45.9 Å². The van der Waals surface area contributed by atoms with E-state index in [0.29, 0.717) is 5.69 Å². The highest BCUT2D eigenvalue weighted by Crippen LogP contribution is 2.28. The van der Waals surface area contributed by atoms with Crippen LogP contribution in [-0.2, 0) is 10.0 Å². The third kappa shape index (κ3) is 6.09. The predicted octanol–water partition coefficient (Wildman–Crippen LogP) is 2.28. The summed E-state index contributed by atoms with van der Waals surface area (Å²) in [6.45, 7) is 8.19. The normalized spacial score (nSPS) is 11.6. The van der Waals surface area contributed by atoms with E-state index >= 15 is 0 Å². The lowest BCUT2D eigenvalue weighted by molar-refractivity contribution is 0.239. The second-order valence-electron chi connectivity index (χ2n) is 6.10. The molecule has 0 saturated carbocycles. The van der Waals surface area contributed by atoms with Gasteiger partial charge in [0.05, 0.1) is 18.5 Å². The Bertz CT molecular complexity index is 627. The minimum Gasteiger partial charge on any atom is -0.336 e. The first kappa shape index (κ1) is 19.3. The molecule has 0 atom stereocenters. The van der Waals surface area contributed by atoms with Gasteiger partial charge in [-0.2, -0.15) is 0 Å². The van der Waals surface area contributed by atoms with Gasteiger partial charge >= 0.3 is 6.03 Å². The van der Waals surface area contributed by atoms with Crippen molar-refractivity contribution in [3.8, 4) is 0 Å². The average Bonchev–Trinajstić information content (AvgIpc) is 2.41. The minimum atomic E-state index is -3.43. The van der Waals surface area contributed by atoms with Crippen LogP contribution in [0.2, 0.25) is 0 Å². The lowest BCUT2D eigenvalue weighted by atomic mass is 10.0. The second-order valence-corrected chi connectivity index (χ2v) is 8.01. The Balaban J connectivity index is 2.90. The highest BCUT2D eigenvalue weighted by molar-refractivity contribution is 7.92. The zero-order valence-corrected chi connectivity index (χ0v) is 15.3. The number of nitrogens with one attached hydrogen (secondary N) is 2. The molecule has 0 aromatic heterocycles. The standard InChI is InChI=1S/C16H27N3O3S/c1-12(2)14-8-6-7-9-15(14)19(23(5,21)22)11-10-17-16(20)18-13(3)4/h6-9,12-13H,10-11H2,1-5H3,(H2,17,18,20). The number of amides is 2. The molecule has 130 valence electrons.